The van der Waals surface area contributed by atoms with Crippen LogP contribution in [0.1, 0.15) is 22.8 Å². The van der Waals surface area contributed by atoms with Crippen molar-refractivity contribution in [2.45, 2.75) is 17.6 Å². The first-order valence-corrected chi connectivity index (χ1v) is 7.49. The van der Waals surface area contributed by atoms with Crippen LogP contribution >= 0.6 is 35.0 Å². The van der Waals surface area contributed by atoms with E-state index in [1.807, 2.05) is 42.5 Å². The second-order valence-electron chi connectivity index (χ2n) is 4.07. The molecule has 19 heavy (non-hydrogen) atoms. The van der Waals surface area contributed by atoms with Crippen molar-refractivity contribution in [3.8, 4) is 0 Å². The molecule has 0 unspecified atom stereocenters. The Balaban J connectivity index is 2.08. The Morgan fingerprint density at radius 2 is 1.63 bits per heavy atom. The lowest BCUT2D eigenvalue weighted by atomic mass is 10.2. The molecule has 0 heterocycles. The van der Waals surface area contributed by atoms with Gasteiger partial charge in [-0.05, 0) is 36.8 Å². The third-order valence-electron chi connectivity index (χ3n) is 2.71. The zero-order valence-electron chi connectivity index (χ0n) is 10.3. The number of rotatable bonds is 4. The van der Waals surface area contributed by atoms with Gasteiger partial charge in [0.25, 0.3) is 0 Å². The first-order chi connectivity index (χ1) is 9.08. The molecular weight excluding hydrogens is 299 g/mol. The van der Waals surface area contributed by atoms with Crippen LogP contribution in [0.5, 0.6) is 0 Å². The van der Waals surface area contributed by atoms with E-state index in [4.69, 9.17) is 23.2 Å². The minimum atomic E-state index is 0.0747. The molecule has 0 bridgehead atoms. The molecule has 0 atom stereocenters. The fraction of sp³-hybridized carbons (Fsp3) is 0.133. The lowest BCUT2D eigenvalue weighted by Crippen LogP contribution is -1.90. The molecular formula is C15H12Cl2OS. The van der Waals surface area contributed by atoms with Crippen molar-refractivity contribution < 1.29 is 4.79 Å². The predicted octanol–water partition coefficient (Wildman–Crippen LogP) is 5.49. The molecule has 0 radical (unpaired) electrons. The maximum atomic E-state index is 11.2. The van der Waals surface area contributed by atoms with E-state index < -0.39 is 0 Å². The molecule has 98 valence electrons. The number of carbonyl (C=O) groups is 1. The average molecular weight is 311 g/mol. The molecule has 0 aromatic heterocycles. The Bertz CT molecular complexity index is 573. The standard InChI is InChI=1S/C15H12Cl2OS/c1-10(18)11-5-7-12(8-6-11)19-9-13-14(16)3-2-4-15(13)17/h2-8H,9H2,1H3. The monoisotopic (exact) mass is 310 g/mol. The summed E-state index contributed by atoms with van der Waals surface area (Å²) in [6.45, 7) is 1.56. The second kappa shape index (κ2) is 6.47. The third kappa shape index (κ3) is 3.75. The number of carbonyl (C=O) groups excluding carboxylic acids is 1. The van der Waals surface area contributed by atoms with Crippen LogP contribution in [0.25, 0.3) is 0 Å². The van der Waals surface area contributed by atoms with Gasteiger partial charge in [-0.3, -0.25) is 4.79 Å². The van der Waals surface area contributed by atoms with E-state index in [0.717, 1.165) is 16.0 Å². The van der Waals surface area contributed by atoms with E-state index in [1.54, 1.807) is 18.7 Å². The van der Waals surface area contributed by atoms with E-state index >= 15 is 0 Å². The van der Waals surface area contributed by atoms with Crippen LogP contribution in [0.15, 0.2) is 47.4 Å². The smallest absolute Gasteiger partial charge is 0.159 e. The zero-order valence-corrected chi connectivity index (χ0v) is 12.6. The number of hydrogen-bond acceptors (Lipinski definition) is 2. The van der Waals surface area contributed by atoms with Gasteiger partial charge in [0, 0.05) is 26.3 Å². The van der Waals surface area contributed by atoms with E-state index in [1.165, 1.54) is 0 Å². The summed E-state index contributed by atoms with van der Waals surface area (Å²) in [6.07, 6.45) is 0. The Morgan fingerprint density at radius 1 is 1.05 bits per heavy atom. The highest BCUT2D eigenvalue weighted by molar-refractivity contribution is 7.98. The molecule has 2 aromatic rings. The minimum Gasteiger partial charge on any atom is -0.295 e. The van der Waals surface area contributed by atoms with E-state index in [-0.39, 0.29) is 5.78 Å². The van der Waals surface area contributed by atoms with Crippen molar-refractivity contribution in [2.75, 3.05) is 0 Å². The highest BCUT2D eigenvalue weighted by atomic mass is 35.5. The van der Waals surface area contributed by atoms with Crippen LogP contribution in [0, 0.1) is 0 Å². The summed E-state index contributed by atoms with van der Waals surface area (Å²) in [6, 6.07) is 13.0. The first-order valence-electron chi connectivity index (χ1n) is 5.74. The van der Waals surface area contributed by atoms with Crippen molar-refractivity contribution >= 4 is 40.7 Å². The van der Waals surface area contributed by atoms with Gasteiger partial charge in [0.2, 0.25) is 0 Å². The highest BCUT2D eigenvalue weighted by Crippen LogP contribution is 2.31. The van der Waals surface area contributed by atoms with Crippen molar-refractivity contribution in [1.82, 2.24) is 0 Å². The fourth-order valence-corrected chi connectivity index (χ4v) is 3.25. The lowest BCUT2D eigenvalue weighted by Gasteiger charge is -2.07. The Morgan fingerprint density at radius 3 is 2.16 bits per heavy atom. The molecule has 0 saturated carbocycles. The first kappa shape index (κ1) is 14.4. The van der Waals surface area contributed by atoms with Crippen molar-refractivity contribution in [2.24, 2.45) is 0 Å². The fourth-order valence-electron chi connectivity index (χ4n) is 1.61. The van der Waals surface area contributed by atoms with Crippen LogP contribution < -0.4 is 0 Å². The molecule has 0 aliphatic heterocycles. The van der Waals surface area contributed by atoms with Crippen LogP contribution in [0.3, 0.4) is 0 Å². The second-order valence-corrected chi connectivity index (χ2v) is 5.93. The molecule has 2 aromatic carbocycles. The van der Waals surface area contributed by atoms with Crippen LogP contribution in [-0.2, 0) is 5.75 Å². The Labute approximate surface area is 126 Å². The maximum Gasteiger partial charge on any atom is 0.159 e. The normalized spacial score (nSPS) is 10.5. The molecule has 1 nitrogen and oxygen atoms in total. The lowest BCUT2D eigenvalue weighted by molar-refractivity contribution is 0.101. The summed E-state index contributed by atoms with van der Waals surface area (Å²) < 4.78 is 0. The molecule has 0 spiro atoms. The molecule has 0 N–H and O–H groups in total. The van der Waals surface area contributed by atoms with E-state index in [2.05, 4.69) is 0 Å². The largest absolute Gasteiger partial charge is 0.295 e. The molecule has 0 saturated heterocycles. The Hall–Kier alpha value is -0.960. The van der Waals surface area contributed by atoms with E-state index in [0.29, 0.717) is 15.8 Å². The Kier molecular flexibility index (Phi) is 4.92. The van der Waals surface area contributed by atoms with Crippen molar-refractivity contribution in [1.29, 1.82) is 0 Å². The quantitative estimate of drug-likeness (QED) is 0.549. The van der Waals surface area contributed by atoms with Crippen LogP contribution in [0.2, 0.25) is 10.0 Å². The molecule has 4 heteroatoms. The number of thioether (sulfide) groups is 1. The average Bonchev–Trinajstić information content (AvgIpc) is 2.38. The number of ketones is 1. The molecule has 0 fully saturated rings. The topological polar surface area (TPSA) is 17.1 Å². The molecule has 0 aliphatic carbocycles. The van der Waals surface area contributed by atoms with Gasteiger partial charge in [0.15, 0.2) is 5.78 Å². The van der Waals surface area contributed by atoms with Gasteiger partial charge < -0.3 is 0 Å². The van der Waals surface area contributed by atoms with Crippen LogP contribution in [0.4, 0.5) is 0 Å². The molecule has 0 amide bonds. The third-order valence-corrected chi connectivity index (χ3v) is 4.45. The number of halogens is 2. The van der Waals surface area contributed by atoms with Gasteiger partial charge >= 0.3 is 0 Å². The van der Waals surface area contributed by atoms with Gasteiger partial charge in [-0.15, -0.1) is 11.8 Å². The summed E-state index contributed by atoms with van der Waals surface area (Å²) in [5.74, 6) is 0.781. The number of benzene rings is 2. The summed E-state index contributed by atoms with van der Waals surface area (Å²) in [7, 11) is 0. The van der Waals surface area contributed by atoms with Crippen molar-refractivity contribution in [3.63, 3.8) is 0 Å². The summed E-state index contributed by atoms with van der Waals surface area (Å²) in [4.78, 5) is 12.3. The number of hydrogen-bond donors (Lipinski definition) is 0. The van der Waals surface area contributed by atoms with Gasteiger partial charge in [0.1, 0.15) is 0 Å². The van der Waals surface area contributed by atoms with E-state index in [9.17, 15) is 4.79 Å². The van der Waals surface area contributed by atoms with Crippen molar-refractivity contribution in [3.05, 3.63) is 63.6 Å². The predicted molar refractivity (Wildman–Crippen MR) is 82.5 cm³/mol. The molecule has 0 aliphatic rings. The maximum absolute atomic E-state index is 11.2. The molecule has 2 rings (SSSR count). The van der Waals surface area contributed by atoms with Crippen LogP contribution in [-0.4, -0.2) is 5.78 Å². The summed E-state index contributed by atoms with van der Waals surface area (Å²) in [5, 5.41) is 1.36. The van der Waals surface area contributed by atoms with Gasteiger partial charge in [-0.1, -0.05) is 41.4 Å². The summed E-state index contributed by atoms with van der Waals surface area (Å²) in [5.41, 5.74) is 1.66. The van der Waals surface area contributed by atoms with Gasteiger partial charge in [-0.25, -0.2) is 0 Å². The SMILES string of the molecule is CC(=O)c1ccc(SCc2c(Cl)cccc2Cl)cc1. The zero-order chi connectivity index (χ0) is 13.8. The minimum absolute atomic E-state index is 0.0747. The summed E-state index contributed by atoms with van der Waals surface area (Å²) >= 11 is 13.9. The number of Topliss-reactive ketones (excluding diaryl/α,β-unsaturated/α-hetero) is 1. The highest BCUT2D eigenvalue weighted by Gasteiger charge is 2.06. The van der Waals surface area contributed by atoms with Gasteiger partial charge in [-0.2, -0.15) is 0 Å². The van der Waals surface area contributed by atoms with Gasteiger partial charge in [0.05, 0.1) is 0 Å².